The third-order valence-corrected chi connectivity index (χ3v) is 3.80. The molecule has 1 aliphatic heterocycles. The Morgan fingerprint density at radius 3 is 2.72 bits per heavy atom. The lowest BCUT2D eigenvalue weighted by atomic mass is 9.99. The van der Waals surface area contributed by atoms with Gasteiger partial charge in [0.15, 0.2) is 5.78 Å². The molecule has 0 aliphatic carbocycles. The number of nitrogens with two attached hydrogens (primary N) is 1. The molecule has 1 saturated heterocycles. The predicted molar refractivity (Wildman–Crippen MR) is 74.7 cm³/mol. The van der Waals surface area contributed by atoms with Gasteiger partial charge in [-0.3, -0.25) is 9.69 Å². The highest BCUT2D eigenvalue weighted by Gasteiger charge is 2.22. The van der Waals surface area contributed by atoms with Gasteiger partial charge in [0.05, 0.1) is 6.54 Å². The van der Waals surface area contributed by atoms with Crippen molar-refractivity contribution in [1.29, 1.82) is 0 Å². The van der Waals surface area contributed by atoms with Gasteiger partial charge in [0.2, 0.25) is 0 Å². The summed E-state index contributed by atoms with van der Waals surface area (Å²) >= 11 is 0. The van der Waals surface area contributed by atoms with Crippen LogP contribution in [-0.4, -0.2) is 29.8 Å². The first kappa shape index (κ1) is 13.1. The molecule has 1 aromatic rings. The number of carbonyl (C=O) groups excluding carboxylic acids is 1. The maximum absolute atomic E-state index is 12.2. The van der Waals surface area contributed by atoms with Gasteiger partial charge in [-0.2, -0.15) is 0 Å². The Bertz CT molecular complexity index is 399. The molecule has 1 atom stereocenters. The molecule has 0 aromatic heterocycles. The van der Waals surface area contributed by atoms with Crippen molar-refractivity contribution in [3.05, 3.63) is 29.8 Å². The topological polar surface area (TPSA) is 46.3 Å². The Morgan fingerprint density at radius 2 is 2.06 bits per heavy atom. The normalized spacial score (nSPS) is 20.8. The molecule has 1 unspecified atom stereocenters. The molecule has 0 spiro atoms. The Labute approximate surface area is 109 Å². The molecule has 3 nitrogen and oxygen atoms in total. The van der Waals surface area contributed by atoms with Crippen molar-refractivity contribution in [2.45, 2.75) is 38.6 Å². The zero-order valence-electron chi connectivity index (χ0n) is 11.1. The summed E-state index contributed by atoms with van der Waals surface area (Å²) in [5.41, 5.74) is 7.11. The van der Waals surface area contributed by atoms with E-state index in [0.29, 0.717) is 18.3 Å². The molecule has 0 saturated carbocycles. The van der Waals surface area contributed by atoms with Crippen molar-refractivity contribution in [3.8, 4) is 0 Å². The number of benzene rings is 1. The third kappa shape index (κ3) is 3.10. The van der Waals surface area contributed by atoms with E-state index in [0.717, 1.165) is 18.5 Å². The van der Waals surface area contributed by atoms with Crippen LogP contribution in [-0.2, 0) is 0 Å². The van der Waals surface area contributed by atoms with Crippen LogP contribution in [0.15, 0.2) is 24.3 Å². The van der Waals surface area contributed by atoms with E-state index in [4.69, 9.17) is 5.73 Å². The summed E-state index contributed by atoms with van der Waals surface area (Å²) in [4.78, 5) is 14.5. The first-order valence-electron chi connectivity index (χ1n) is 6.83. The Balaban J connectivity index is 1.99. The van der Waals surface area contributed by atoms with Crippen LogP contribution in [0, 0.1) is 0 Å². The largest absolute Gasteiger partial charge is 0.399 e. The molecule has 1 fully saturated rings. The molecule has 18 heavy (non-hydrogen) atoms. The Kier molecular flexibility index (Phi) is 4.37. The van der Waals surface area contributed by atoms with Crippen molar-refractivity contribution in [2.75, 3.05) is 18.8 Å². The van der Waals surface area contributed by atoms with E-state index in [1.54, 1.807) is 12.1 Å². The first-order chi connectivity index (χ1) is 8.70. The summed E-state index contributed by atoms with van der Waals surface area (Å²) in [6.45, 7) is 3.80. The monoisotopic (exact) mass is 246 g/mol. The molecule has 98 valence electrons. The van der Waals surface area contributed by atoms with Gasteiger partial charge >= 0.3 is 0 Å². The number of anilines is 1. The summed E-state index contributed by atoms with van der Waals surface area (Å²) in [5.74, 6) is 0.204. The number of piperidine rings is 1. The highest BCUT2D eigenvalue weighted by Crippen LogP contribution is 2.19. The summed E-state index contributed by atoms with van der Waals surface area (Å²) in [5, 5.41) is 0. The van der Waals surface area contributed by atoms with Crippen molar-refractivity contribution in [1.82, 2.24) is 4.90 Å². The lowest BCUT2D eigenvalue weighted by Crippen LogP contribution is -2.42. The maximum atomic E-state index is 12.2. The number of hydrogen-bond acceptors (Lipinski definition) is 3. The molecule has 2 rings (SSSR count). The number of Topliss-reactive ketones (excluding diaryl/α,β-unsaturated/α-hetero) is 1. The summed E-state index contributed by atoms with van der Waals surface area (Å²) in [6.07, 6.45) is 4.87. The number of rotatable bonds is 4. The van der Waals surface area contributed by atoms with Crippen LogP contribution in [0.3, 0.4) is 0 Å². The molecule has 2 N–H and O–H groups in total. The predicted octanol–water partition coefficient (Wildman–Crippen LogP) is 2.72. The summed E-state index contributed by atoms with van der Waals surface area (Å²) < 4.78 is 0. The first-order valence-corrected chi connectivity index (χ1v) is 6.83. The molecule has 3 heteroatoms. The van der Waals surface area contributed by atoms with Gasteiger partial charge in [-0.1, -0.05) is 13.3 Å². The minimum atomic E-state index is 0.204. The van der Waals surface area contributed by atoms with Crippen LogP contribution in [0.25, 0.3) is 0 Å². The van der Waals surface area contributed by atoms with Crippen LogP contribution in [0.4, 0.5) is 5.69 Å². The molecule has 0 amide bonds. The van der Waals surface area contributed by atoms with Gasteiger partial charge in [-0.15, -0.1) is 0 Å². The minimum Gasteiger partial charge on any atom is -0.399 e. The average Bonchev–Trinajstić information content (AvgIpc) is 2.40. The highest BCUT2D eigenvalue weighted by molar-refractivity contribution is 5.97. The van der Waals surface area contributed by atoms with Gasteiger partial charge in [0.25, 0.3) is 0 Å². The summed E-state index contributed by atoms with van der Waals surface area (Å²) in [6, 6.07) is 7.81. The quantitative estimate of drug-likeness (QED) is 0.656. The molecule has 1 aromatic carbocycles. The zero-order valence-corrected chi connectivity index (χ0v) is 11.1. The SMILES string of the molecule is CCC1CCCCN1CC(=O)c1ccc(N)cc1. The van der Waals surface area contributed by atoms with Crippen molar-refractivity contribution in [2.24, 2.45) is 0 Å². The number of nitrogen functional groups attached to an aromatic ring is 1. The van der Waals surface area contributed by atoms with E-state index in [1.165, 1.54) is 19.3 Å². The van der Waals surface area contributed by atoms with E-state index in [2.05, 4.69) is 11.8 Å². The molecule has 0 bridgehead atoms. The second-order valence-corrected chi connectivity index (χ2v) is 5.07. The maximum Gasteiger partial charge on any atom is 0.176 e. The van der Waals surface area contributed by atoms with Crippen LogP contribution in [0.5, 0.6) is 0 Å². The van der Waals surface area contributed by atoms with Crippen LogP contribution in [0.2, 0.25) is 0 Å². The molecular weight excluding hydrogens is 224 g/mol. The van der Waals surface area contributed by atoms with E-state index in [-0.39, 0.29) is 5.78 Å². The van der Waals surface area contributed by atoms with Crippen LogP contribution < -0.4 is 5.73 Å². The average molecular weight is 246 g/mol. The van der Waals surface area contributed by atoms with Crippen LogP contribution in [0.1, 0.15) is 43.0 Å². The van der Waals surface area contributed by atoms with E-state index in [9.17, 15) is 4.79 Å². The number of nitrogens with zero attached hydrogens (tertiary/aromatic N) is 1. The second-order valence-electron chi connectivity index (χ2n) is 5.07. The van der Waals surface area contributed by atoms with Gasteiger partial charge in [0, 0.05) is 17.3 Å². The van der Waals surface area contributed by atoms with Crippen molar-refractivity contribution in [3.63, 3.8) is 0 Å². The number of ketones is 1. The van der Waals surface area contributed by atoms with Crippen LogP contribution >= 0.6 is 0 Å². The van der Waals surface area contributed by atoms with E-state index >= 15 is 0 Å². The van der Waals surface area contributed by atoms with E-state index < -0.39 is 0 Å². The molecule has 0 radical (unpaired) electrons. The Hall–Kier alpha value is -1.35. The fourth-order valence-corrected chi connectivity index (χ4v) is 2.68. The van der Waals surface area contributed by atoms with Crippen molar-refractivity contribution >= 4 is 11.5 Å². The lowest BCUT2D eigenvalue weighted by molar-refractivity contribution is 0.0838. The fourth-order valence-electron chi connectivity index (χ4n) is 2.68. The molecular formula is C15H22N2O. The standard InChI is InChI=1S/C15H22N2O/c1-2-14-5-3-4-10-17(14)11-15(18)12-6-8-13(16)9-7-12/h6-9,14H,2-5,10-11,16H2,1H3. The zero-order chi connectivity index (χ0) is 13.0. The second kappa shape index (κ2) is 6.01. The summed E-state index contributed by atoms with van der Waals surface area (Å²) in [7, 11) is 0. The number of carbonyl (C=O) groups is 1. The smallest absolute Gasteiger partial charge is 0.176 e. The van der Waals surface area contributed by atoms with Gasteiger partial charge in [-0.05, 0) is 50.1 Å². The third-order valence-electron chi connectivity index (χ3n) is 3.80. The molecule has 1 aliphatic rings. The van der Waals surface area contributed by atoms with Gasteiger partial charge < -0.3 is 5.73 Å². The number of likely N-dealkylation sites (tertiary alicyclic amines) is 1. The van der Waals surface area contributed by atoms with E-state index in [1.807, 2.05) is 12.1 Å². The highest BCUT2D eigenvalue weighted by atomic mass is 16.1. The lowest BCUT2D eigenvalue weighted by Gasteiger charge is -2.34. The van der Waals surface area contributed by atoms with Gasteiger partial charge in [-0.25, -0.2) is 0 Å². The molecule has 1 heterocycles. The number of hydrogen-bond donors (Lipinski definition) is 1. The van der Waals surface area contributed by atoms with Crippen molar-refractivity contribution < 1.29 is 4.79 Å². The van der Waals surface area contributed by atoms with Gasteiger partial charge in [0.1, 0.15) is 0 Å². The minimum absolute atomic E-state index is 0.204. The Morgan fingerprint density at radius 1 is 1.33 bits per heavy atom. The fraction of sp³-hybridized carbons (Fsp3) is 0.533.